The quantitative estimate of drug-likeness (QED) is 0.362. The maximum atomic E-state index is 12.7. The van der Waals surface area contributed by atoms with Gasteiger partial charge >= 0.3 is 5.97 Å². The molecule has 0 saturated heterocycles. The van der Waals surface area contributed by atoms with Gasteiger partial charge in [0.15, 0.2) is 11.5 Å². The fourth-order valence-electron chi connectivity index (χ4n) is 2.94. The maximum Gasteiger partial charge on any atom is 0.339 e. The zero-order valence-electron chi connectivity index (χ0n) is 17.7. The van der Waals surface area contributed by atoms with Crippen molar-refractivity contribution in [1.82, 2.24) is 0 Å². The Morgan fingerprint density at radius 3 is 2.12 bits per heavy atom. The number of hydrogen-bond acceptors (Lipinski definition) is 6. The van der Waals surface area contributed by atoms with Gasteiger partial charge in [-0.3, -0.25) is 4.79 Å². The summed E-state index contributed by atoms with van der Waals surface area (Å²) < 4.78 is 22.4. The number of hydrogen-bond donors (Lipinski definition) is 1. The molecule has 2 N–H and O–H groups in total. The lowest BCUT2D eigenvalue weighted by molar-refractivity contribution is -0.127. The van der Waals surface area contributed by atoms with Crippen LogP contribution >= 0.6 is 0 Å². The Hall–Kier alpha value is -4.00. The molecule has 0 fully saturated rings. The standard InChI is InChI=1S/C25H25NO6/c1-2-29-22-17-19(25(28)32-23(24(26)27)18-9-5-3-6-10-18)13-14-21(22)31-16-15-30-20-11-7-4-8-12-20/h3-14,17,23H,2,15-16H2,1H3,(H2,26,27). The van der Waals surface area contributed by atoms with Crippen LogP contribution in [0.5, 0.6) is 17.2 Å². The van der Waals surface area contributed by atoms with E-state index >= 15 is 0 Å². The van der Waals surface area contributed by atoms with Gasteiger partial charge in [-0.2, -0.15) is 0 Å². The highest BCUT2D eigenvalue weighted by atomic mass is 16.6. The van der Waals surface area contributed by atoms with Crippen LogP contribution in [0.15, 0.2) is 78.9 Å². The van der Waals surface area contributed by atoms with Crippen molar-refractivity contribution in [1.29, 1.82) is 0 Å². The summed E-state index contributed by atoms with van der Waals surface area (Å²) in [4.78, 5) is 24.5. The Morgan fingerprint density at radius 2 is 1.47 bits per heavy atom. The first-order valence-electron chi connectivity index (χ1n) is 10.2. The highest BCUT2D eigenvalue weighted by Crippen LogP contribution is 2.30. The minimum Gasteiger partial charge on any atom is -0.490 e. The number of carbonyl (C=O) groups excluding carboxylic acids is 2. The van der Waals surface area contributed by atoms with Crippen LogP contribution in [0.2, 0.25) is 0 Å². The van der Waals surface area contributed by atoms with Gasteiger partial charge < -0.3 is 24.7 Å². The third-order valence-corrected chi connectivity index (χ3v) is 4.42. The van der Waals surface area contributed by atoms with E-state index in [2.05, 4.69) is 0 Å². The van der Waals surface area contributed by atoms with E-state index in [1.807, 2.05) is 37.3 Å². The Bertz CT molecular complexity index is 1020. The molecular formula is C25H25NO6. The predicted molar refractivity (Wildman–Crippen MR) is 119 cm³/mol. The van der Waals surface area contributed by atoms with Gasteiger partial charge in [-0.25, -0.2) is 4.79 Å². The molecule has 0 bridgehead atoms. The van der Waals surface area contributed by atoms with E-state index in [9.17, 15) is 9.59 Å². The lowest BCUT2D eigenvalue weighted by atomic mass is 10.1. The van der Waals surface area contributed by atoms with Gasteiger partial charge in [0, 0.05) is 5.56 Å². The maximum absolute atomic E-state index is 12.7. The van der Waals surface area contributed by atoms with Crippen molar-refractivity contribution < 1.29 is 28.5 Å². The molecule has 0 saturated carbocycles. The SMILES string of the molecule is CCOc1cc(C(=O)OC(C(N)=O)c2ccccc2)ccc1OCCOc1ccccc1. The lowest BCUT2D eigenvalue weighted by Crippen LogP contribution is -2.26. The molecule has 3 rings (SSSR count). The molecule has 0 radical (unpaired) electrons. The lowest BCUT2D eigenvalue weighted by Gasteiger charge is -2.16. The average Bonchev–Trinajstić information content (AvgIpc) is 2.82. The van der Waals surface area contributed by atoms with Gasteiger partial charge in [-0.15, -0.1) is 0 Å². The molecule has 1 amide bonds. The van der Waals surface area contributed by atoms with Gasteiger partial charge in [0.25, 0.3) is 5.91 Å². The number of nitrogens with two attached hydrogens (primary N) is 1. The molecule has 3 aromatic rings. The van der Waals surface area contributed by atoms with Gasteiger partial charge in [0.1, 0.15) is 19.0 Å². The first-order valence-corrected chi connectivity index (χ1v) is 10.2. The molecule has 166 valence electrons. The van der Waals surface area contributed by atoms with Crippen molar-refractivity contribution in [3.8, 4) is 17.2 Å². The second kappa shape index (κ2) is 11.4. The zero-order chi connectivity index (χ0) is 22.8. The Balaban J connectivity index is 1.66. The summed E-state index contributed by atoms with van der Waals surface area (Å²) in [7, 11) is 0. The molecule has 0 aromatic heterocycles. The van der Waals surface area contributed by atoms with E-state index in [1.165, 1.54) is 6.07 Å². The molecule has 32 heavy (non-hydrogen) atoms. The number of esters is 1. The van der Waals surface area contributed by atoms with E-state index in [4.69, 9.17) is 24.7 Å². The van der Waals surface area contributed by atoms with E-state index in [1.54, 1.807) is 42.5 Å². The Labute approximate surface area is 186 Å². The number of ether oxygens (including phenoxy) is 4. The summed E-state index contributed by atoms with van der Waals surface area (Å²) in [6.07, 6.45) is -1.19. The fraction of sp³-hybridized carbons (Fsp3) is 0.200. The van der Waals surface area contributed by atoms with E-state index in [-0.39, 0.29) is 12.2 Å². The predicted octanol–water partition coefficient (Wildman–Crippen LogP) is 3.93. The molecular weight excluding hydrogens is 410 g/mol. The highest BCUT2D eigenvalue weighted by Gasteiger charge is 2.24. The van der Waals surface area contributed by atoms with E-state index in [0.717, 1.165) is 5.75 Å². The van der Waals surface area contributed by atoms with Crippen molar-refractivity contribution in [3.05, 3.63) is 90.0 Å². The van der Waals surface area contributed by atoms with Crippen LogP contribution in [-0.4, -0.2) is 31.7 Å². The summed E-state index contributed by atoms with van der Waals surface area (Å²) in [6, 6.07) is 22.7. The molecule has 7 heteroatoms. The molecule has 1 atom stereocenters. The van der Waals surface area contributed by atoms with Gasteiger partial charge in [0.2, 0.25) is 6.10 Å². The number of carbonyl (C=O) groups is 2. The van der Waals surface area contributed by atoms with Gasteiger partial charge in [0.05, 0.1) is 12.2 Å². The molecule has 0 aliphatic carbocycles. The molecule has 3 aromatic carbocycles. The van der Waals surface area contributed by atoms with Crippen LogP contribution < -0.4 is 19.9 Å². The summed E-state index contributed by atoms with van der Waals surface area (Å²) in [5.41, 5.74) is 6.14. The zero-order valence-corrected chi connectivity index (χ0v) is 17.7. The molecule has 1 unspecified atom stereocenters. The van der Waals surface area contributed by atoms with Gasteiger partial charge in [-0.05, 0) is 37.3 Å². The van der Waals surface area contributed by atoms with E-state index < -0.39 is 18.0 Å². The van der Waals surface area contributed by atoms with Crippen molar-refractivity contribution >= 4 is 11.9 Å². The number of rotatable bonds is 11. The first-order chi connectivity index (χ1) is 15.6. The Kier molecular flexibility index (Phi) is 8.09. The number of amides is 1. The largest absolute Gasteiger partial charge is 0.490 e. The summed E-state index contributed by atoms with van der Waals surface area (Å²) in [5.74, 6) is 0.152. The van der Waals surface area contributed by atoms with Crippen LogP contribution in [0, 0.1) is 0 Å². The molecule has 7 nitrogen and oxygen atoms in total. The Morgan fingerprint density at radius 1 is 0.812 bits per heavy atom. The normalized spacial score (nSPS) is 11.3. The topological polar surface area (TPSA) is 97.1 Å². The fourth-order valence-corrected chi connectivity index (χ4v) is 2.94. The molecule has 0 aliphatic rings. The summed E-state index contributed by atoms with van der Waals surface area (Å²) in [5, 5.41) is 0. The first kappa shape index (κ1) is 22.7. The van der Waals surface area contributed by atoms with E-state index in [0.29, 0.717) is 30.3 Å². The van der Waals surface area contributed by atoms with Crippen LogP contribution in [0.4, 0.5) is 0 Å². The van der Waals surface area contributed by atoms with Crippen molar-refractivity contribution in [2.75, 3.05) is 19.8 Å². The number of para-hydroxylation sites is 1. The third kappa shape index (κ3) is 6.25. The van der Waals surface area contributed by atoms with Crippen LogP contribution in [0.3, 0.4) is 0 Å². The van der Waals surface area contributed by atoms with Crippen LogP contribution in [0.1, 0.15) is 28.9 Å². The highest BCUT2D eigenvalue weighted by molar-refractivity contribution is 5.93. The van der Waals surface area contributed by atoms with Crippen molar-refractivity contribution in [2.24, 2.45) is 5.73 Å². The average molecular weight is 435 g/mol. The second-order valence-electron chi connectivity index (χ2n) is 6.70. The summed E-state index contributed by atoms with van der Waals surface area (Å²) in [6.45, 7) is 2.84. The minimum atomic E-state index is -1.19. The molecule has 0 heterocycles. The van der Waals surface area contributed by atoms with Crippen molar-refractivity contribution in [3.63, 3.8) is 0 Å². The number of primary amides is 1. The summed E-state index contributed by atoms with van der Waals surface area (Å²) >= 11 is 0. The molecule has 0 aliphatic heterocycles. The smallest absolute Gasteiger partial charge is 0.339 e. The number of benzene rings is 3. The molecule has 0 spiro atoms. The third-order valence-electron chi connectivity index (χ3n) is 4.42. The second-order valence-corrected chi connectivity index (χ2v) is 6.70. The monoisotopic (exact) mass is 435 g/mol. The van der Waals surface area contributed by atoms with Crippen molar-refractivity contribution in [2.45, 2.75) is 13.0 Å². The van der Waals surface area contributed by atoms with Crippen LogP contribution in [0.25, 0.3) is 0 Å². The van der Waals surface area contributed by atoms with Gasteiger partial charge in [-0.1, -0.05) is 48.5 Å². The van der Waals surface area contributed by atoms with Crippen LogP contribution in [-0.2, 0) is 9.53 Å². The minimum absolute atomic E-state index is 0.212.